The van der Waals surface area contributed by atoms with Crippen LogP contribution in [0.3, 0.4) is 0 Å². The SMILES string of the molecule is O=C(Nc1ccc(S(=O)(=O)Cl)c(Br)c1)c1ccnnc1. The van der Waals surface area contributed by atoms with Gasteiger partial charge in [0, 0.05) is 20.8 Å². The molecule has 0 aliphatic carbocycles. The number of anilines is 1. The highest BCUT2D eigenvalue weighted by Gasteiger charge is 2.15. The third kappa shape index (κ3) is 3.53. The molecule has 1 aromatic carbocycles. The lowest BCUT2D eigenvalue weighted by atomic mass is 10.2. The first-order valence-electron chi connectivity index (χ1n) is 5.20. The Labute approximate surface area is 127 Å². The van der Waals surface area contributed by atoms with Crippen molar-refractivity contribution in [2.75, 3.05) is 5.32 Å². The van der Waals surface area contributed by atoms with Gasteiger partial charge in [-0.3, -0.25) is 4.79 Å². The number of hydrogen-bond donors (Lipinski definition) is 1. The van der Waals surface area contributed by atoms with Gasteiger partial charge < -0.3 is 5.32 Å². The zero-order chi connectivity index (χ0) is 14.8. The minimum absolute atomic E-state index is 0.0669. The minimum atomic E-state index is -3.84. The summed E-state index contributed by atoms with van der Waals surface area (Å²) in [4.78, 5) is 11.8. The fraction of sp³-hybridized carbons (Fsp3) is 0. The molecular weight excluding hydrogens is 370 g/mol. The van der Waals surface area contributed by atoms with Crippen LogP contribution in [0, 0.1) is 0 Å². The van der Waals surface area contributed by atoms with E-state index in [9.17, 15) is 13.2 Å². The molecule has 1 amide bonds. The predicted octanol–water partition coefficient (Wildman–Crippen LogP) is 2.42. The highest BCUT2D eigenvalue weighted by molar-refractivity contribution is 9.10. The topological polar surface area (TPSA) is 89.0 Å². The summed E-state index contributed by atoms with van der Waals surface area (Å²) in [6.07, 6.45) is 2.72. The van der Waals surface area contributed by atoms with Gasteiger partial charge in [0.2, 0.25) is 0 Å². The lowest BCUT2D eigenvalue weighted by Gasteiger charge is -2.07. The summed E-state index contributed by atoms with van der Waals surface area (Å²) in [5.74, 6) is -0.381. The van der Waals surface area contributed by atoms with Gasteiger partial charge in [0.15, 0.2) is 0 Å². The van der Waals surface area contributed by atoms with Crippen molar-refractivity contribution >= 4 is 47.3 Å². The molecule has 20 heavy (non-hydrogen) atoms. The number of nitrogens with zero attached hydrogens (tertiary/aromatic N) is 2. The van der Waals surface area contributed by atoms with Crippen LogP contribution in [0.15, 0.2) is 46.0 Å². The first-order valence-corrected chi connectivity index (χ1v) is 8.30. The van der Waals surface area contributed by atoms with Crippen LogP contribution in [0.4, 0.5) is 5.69 Å². The molecule has 1 heterocycles. The maximum absolute atomic E-state index is 11.9. The first kappa shape index (κ1) is 14.9. The molecule has 2 rings (SSSR count). The van der Waals surface area contributed by atoms with Crippen LogP contribution in [0.2, 0.25) is 0 Å². The molecule has 0 atom stereocenters. The van der Waals surface area contributed by atoms with Gasteiger partial charge in [-0.1, -0.05) is 0 Å². The number of carbonyl (C=O) groups is 1. The van der Waals surface area contributed by atoms with E-state index in [1.807, 2.05) is 0 Å². The van der Waals surface area contributed by atoms with Gasteiger partial charge in [-0.05, 0) is 40.2 Å². The Morgan fingerprint density at radius 2 is 2.00 bits per heavy atom. The van der Waals surface area contributed by atoms with E-state index in [0.29, 0.717) is 11.3 Å². The van der Waals surface area contributed by atoms with E-state index < -0.39 is 9.05 Å². The van der Waals surface area contributed by atoms with Crippen LogP contribution in [-0.4, -0.2) is 24.5 Å². The number of nitrogens with one attached hydrogen (secondary N) is 1. The fourth-order valence-electron chi connectivity index (χ4n) is 1.40. The molecule has 6 nitrogen and oxygen atoms in total. The van der Waals surface area contributed by atoms with Gasteiger partial charge >= 0.3 is 0 Å². The van der Waals surface area contributed by atoms with E-state index in [0.717, 1.165) is 0 Å². The number of amides is 1. The number of carbonyl (C=O) groups excluding carboxylic acids is 1. The van der Waals surface area contributed by atoms with Crippen LogP contribution < -0.4 is 5.32 Å². The van der Waals surface area contributed by atoms with Gasteiger partial charge in [0.25, 0.3) is 15.0 Å². The predicted molar refractivity (Wildman–Crippen MR) is 77.2 cm³/mol. The molecule has 9 heteroatoms. The first-order chi connectivity index (χ1) is 9.38. The Morgan fingerprint density at radius 3 is 2.55 bits per heavy atom. The average Bonchev–Trinajstić information content (AvgIpc) is 2.38. The van der Waals surface area contributed by atoms with Gasteiger partial charge in [-0.2, -0.15) is 10.2 Å². The maximum Gasteiger partial charge on any atom is 0.262 e. The molecule has 0 fully saturated rings. The second kappa shape index (κ2) is 5.86. The van der Waals surface area contributed by atoms with Crippen molar-refractivity contribution < 1.29 is 13.2 Å². The van der Waals surface area contributed by atoms with Crippen LogP contribution >= 0.6 is 26.6 Å². The Hall–Kier alpha value is -1.51. The highest BCUT2D eigenvalue weighted by Crippen LogP contribution is 2.28. The standard InChI is InChI=1S/C11H7BrClN3O3S/c12-9-5-8(1-2-10(9)20(13,18)19)16-11(17)7-3-4-14-15-6-7/h1-6H,(H,16,17). The van der Waals surface area contributed by atoms with Crippen molar-refractivity contribution in [2.24, 2.45) is 0 Å². The molecule has 0 spiro atoms. The maximum atomic E-state index is 11.9. The summed E-state index contributed by atoms with van der Waals surface area (Å²) in [6.45, 7) is 0. The van der Waals surface area contributed by atoms with E-state index in [-0.39, 0.29) is 15.3 Å². The number of halogens is 2. The normalized spacial score (nSPS) is 11.1. The molecule has 0 unspecified atom stereocenters. The quantitative estimate of drug-likeness (QED) is 0.831. The molecule has 0 saturated carbocycles. The highest BCUT2D eigenvalue weighted by atomic mass is 79.9. The monoisotopic (exact) mass is 375 g/mol. The molecule has 0 bridgehead atoms. The zero-order valence-electron chi connectivity index (χ0n) is 9.75. The van der Waals surface area contributed by atoms with Gasteiger partial charge in [-0.15, -0.1) is 0 Å². The molecule has 0 radical (unpaired) electrons. The van der Waals surface area contributed by atoms with E-state index in [2.05, 4.69) is 31.4 Å². The summed E-state index contributed by atoms with van der Waals surface area (Å²) < 4.78 is 22.7. The summed E-state index contributed by atoms with van der Waals surface area (Å²) in [5.41, 5.74) is 0.757. The van der Waals surface area contributed by atoms with Gasteiger partial charge in [-0.25, -0.2) is 8.42 Å². The molecule has 104 valence electrons. The van der Waals surface area contributed by atoms with Gasteiger partial charge in [0.05, 0.1) is 22.9 Å². The molecule has 2 aromatic rings. The number of hydrogen-bond acceptors (Lipinski definition) is 5. The van der Waals surface area contributed by atoms with Crippen molar-refractivity contribution in [2.45, 2.75) is 4.90 Å². The Morgan fingerprint density at radius 1 is 1.25 bits per heavy atom. The summed E-state index contributed by atoms with van der Waals surface area (Å²) in [6, 6.07) is 5.69. The lowest BCUT2D eigenvalue weighted by Crippen LogP contribution is -2.12. The van der Waals surface area contributed by atoms with Crippen LogP contribution in [0.25, 0.3) is 0 Å². The van der Waals surface area contributed by atoms with Crippen molar-refractivity contribution in [1.82, 2.24) is 10.2 Å². The molecule has 1 N–H and O–H groups in total. The van der Waals surface area contributed by atoms with E-state index in [1.54, 1.807) is 0 Å². The number of benzene rings is 1. The van der Waals surface area contributed by atoms with Crippen molar-refractivity contribution in [1.29, 1.82) is 0 Å². The van der Waals surface area contributed by atoms with Crippen molar-refractivity contribution in [3.05, 3.63) is 46.7 Å². The second-order valence-corrected chi connectivity index (χ2v) is 7.06. The molecule has 1 aromatic heterocycles. The average molecular weight is 377 g/mol. The Bertz CT molecular complexity index is 753. The third-order valence-corrected chi connectivity index (χ3v) is 4.60. The van der Waals surface area contributed by atoms with E-state index >= 15 is 0 Å². The fourth-order valence-corrected chi connectivity index (χ4v) is 3.63. The molecular formula is C11H7BrClN3O3S. The second-order valence-electron chi connectivity index (χ2n) is 3.67. The zero-order valence-corrected chi connectivity index (χ0v) is 12.9. The Kier molecular flexibility index (Phi) is 4.36. The van der Waals surface area contributed by atoms with Crippen molar-refractivity contribution in [3.8, 4) is 0 Å². The smallest absolute Gasteiger partial charge is 0.262 e. The molecule has 0 saturated heterocycles. The molecule has 0 aliphatic rings. The largest absolute Gasteiger partial charge is 0.322 e. The lowest BCUT2D eigenvalue weighted by molar-refractivity contribution is 0.102. The minimum Gasteiger partial charge on any atom is -0.322 e. The van der Waals surface area contributed by atoms with Gasteiger partial charge in [0.1, 0.15) is 0 Å². The number of aromatic nitrogens is 2. The summed E-state index contributed by atoms with van der Waals surface area (Å²) >= 11 is 3.09. The van der Waals surface area contributed by atoms with Crippen LogP contribution in [0.5, 0.6) is 0 Å². The van der Waals surface area contributed by atoms with E-state index in [1.165, 1.54) is 36.7 Å². The van der Waals surface area contributed by atoms with Crippen molar-refractivity contribution in [3.63, 3.8) is 0 Å². The summed E-state index contributed by atoms with van der Waals surface area (Å²) in [5, 5.41) is 9.77. The summed E-state index contributed by atoms with van der Waals surface area (Å²) in [7, 11) is 1.42. The van der Waals surface area contributed by atoms with Crippen LogP contribution in [-0.2, 0) is 9.05 Å². The third-order valence-electron chi connectivity index (χ3n) is 2.30. The van der Waals surface area contributed by atoms with E-state index in [4.69, 9.17) is 10.7 Å². The number of rotatable bonds is 3. The Balaban J connectivity index is 2.24. The molecule has 0 aliphatic heterocycles. The van der Waals surface area contributed by atoms with Crippen LogP contribution in [0.1, 0.15) is 10.4 Å².